The molecule has 1 aliphatic heterocycles. The van der Waals surface area contributed by atoms with E-state index in [1.807, 2.05) is 26.8 Å². The Kier molecular flexibility index (Phi) is 7.15. The summed E-state index contributed by atoms with van der Waals surface area (Å²) in [6.07, 6.45) is 0.0393. The number of carbonyl (C=O) groups is 1. The molecule has 0 aliphatic carbocycles. The highest BCUT2D eigenvalue weighted by Gasteiger charge is 2.32. The Balaban J connectivity index is 2.25. The van der Waals surface area contributed by atoms with Crippen molar-refractivity contribution in [3.8, 4) is 5.75 Å². The topological polar surface area (TPSA) is 68.2 Å². The molecule has 6 nitrogen and oxygen atoms in total. The fraction of sp³-hybridized carbons (Fsp3) is 0.632. The zero-order valence-corrected chi connectivity index (χ0v) is 16.6. The van der Waals surface area contributed by atoms with Gasteiger partial charge in [-0.15, -0.1) is 0 Å². The van der Waals surface area contributed by atoms with Crippen LogP contribution in [-0.4, -0.2) is 54.2 Å². The first-order chi connectivity index (χ1) is 12.2. The highest BCUT2D eigenvalue weighted by molar-refractivity contribution is 6.31. The number of hydrogen-bond acceptors (Lipinski definition) is 5. The Bertz CT molecular complexity index is 616. The van der Waals surface area contributed by atoms with Gasteiger partial charge in [-0.3, -0.25) is 4.90 Å². The molecular weight excluding hydrogens is 358 g/mol. The van der Waals surface area contributed by atoms with Crippen LogP contribution in [0.2, 0.25) is 5.02 Å². The largest absolute Gasteiger partial charge is 0.488 e. The Labute approximate surface area is 160 Å². The van der Waals surface area contributed by atoms with Gasteiger partial charge < -0.3 is 19.3 Å². The second-order valence-electron chi connectivity index (χ2n) is 7.41. The van der Waals surface area contributed by atoms with Crippen molar-refractivity contribution in [2.75, 3.05) is 26.4 Å². The van der Waals surface area contributed by atoms with Crippen molar-refractivity contribution in [1.82, 2.24) is 4.90 Å². The number of rotatable bonds is 4. The highest BCUT2D eigenvalue weighted by Crippen LogP contribution is 2.33. The minimum absolute atomic E-state index is 0.0811. The fourth-order valence-corrected chi connectivity index (χ4v) is 2.99. The van der Waals surface area contributed by atoms with Gasteiger partial charge in [-0.1, -0.05) is 17.7 Å². The molecule has 1 saturated heterocycles. The first kappa shape index (κ1) is 20.8. The molecule has 1 N–H and O–H groups in total. The molecule has 0 bridgehead atoms. The van der Waals surface area contributed by atoms with E-state index < -0.39 is 5.60 Å². The maximum absolute atomic E-state index is 12.7. The third-order valence-corrected chi connectivity index (χ3v) is 4.22. The van der Waals surface area contributed by atoms with Gasteiger partial charge in [0.05, 0.1) is 19.3 Å². The van der Waals surface area contributed by atoms with Crippen molar-refractivity contribution in [3.63, 3.8) is 0 Å². The zero-order valence-electron chi connectivity index (χ0n) is 15.8. The van der Waals surface area contributed by atoms with Gasteiger partial charge in [0, 0.05) is 18.2 Å². The molecule has 1 fully saturated rings. The SMILES string of the molecule is CC(CO)Oc1ccc(C2COCCCN2C(=O)OC(C)(C)C)c(Cl)c1. The van der Waals surface area contributed by atoms with Crippen molar-refractivity contribution in [2.45, 2.75) is 51.9 Å². The van der Waals surface area contributed by atoms with E-state index in [1.54, 1.807) is 24.0 Å². The summed E-state index contributed by atoms with van der Waals surface area (Å²) in [6.45, 7) is 8.69. The van der Waals surface area contributed by atoms with Gasteiger partial charge in [-0.2, -0.15) is 0 Å². The molecule has 2 atom stereocenters. The molecular formula is C19H28ClNO5. The number of aliphatic hydroxyl groups is 1. The molecule has 2 unspecified atom stereocenters. The molecule has 1 aromatic rings. The molecule has 0 radical (unpaired) electrons. The van der Waals surface area contributed by atoms with Crippen LogP contribution in [0.4, 0.5) is 4.79 Å². The number of amides is 1. The number of aliphatic hydroxyl groups excluding tert-OH is 1. The molecule has 7 heteroatoms. The van der Waals surface area contributed by atoms with E-state index in [-0.39, 0.29) is 24.8 Å². The first-order valence-corrected chi connectivity index (χ1v) is 9.23. The lowest BCUT2D eigenvalue weighted by molar-refractivity contribution is 0.0119. The van der Waals surface area contributed by atoms with Crippen LogP contribution >= 0.6 is 11.6 Å². The zero-order chi connectivity index (χ0) is 19.3. The maximum Gasteiger partial charge on any atom is 0.410 e. The van der Waals surface area contributed by atoms with Crippen molar-refractivity contribution < 1.29 is 24.1 Å². The molecule has 1 aliphatic rings. The van der Waals surface area contributed by atoms with Crippen molar-refractivity contribution >= 4 is 17.7 Å². The number of carbonyl (C=O) groups excluding carboxylic acids is 1. The summed E-state index contributed by atoms with van der Waals surface area (Å²) in [5.74, 6) is 0.568. The van der Waals surface area contributed by atoms with E-state index in [2.05, 4.69) is 0 Å². The van der Waals surface area contributed by atoms with Gasteiger partial charge in [0.15, 0.2) is 0 Å². The first-order valence-electron chi connectivity index (χ1n) is 8.85. The van der Waals surface area contributed by atoms with Crippen LogP contribution in [0.3, 0.4) is 0 Å². The predicted octanol–water partition coefficient (Wildman–Crippen LogP) is 3.80. The van der Waals surface area contributed by atoms with Gasteiger partial charge in [0.1, 0.15) is 17.5 Å². The van der Waals surface area contributed by atoms with Crippen LogP contribution < -0.4 is 4.74 Å². The van der Waals surface area contributed by atoms with Gasteiger partial charge in [-0.25, -0.2) is 4.79 Å². The Morgan fingerprint density at radius 3 is 2.81 bits per heavy atom. The van der Waals surface area contributed by atoms with Gasteiger partial charge in [-0.05, 0) is 51.8 Å². The van der Waals surface area contributed by atoms with E-state index in [0.29, 0.717) is 30.5 Å². The molecule has 1 amide bonds. The minimum Gasteiger partial charge on any atom is -0.488 e. The lowest BCUT2D eigenvalue weighted by Crippen LogP contribution is -2.40. The van der Waals surface area contributed by atoms with Gasteiger partial charge in [0.25, 0.3) is 0 Å². The summed E-state index contributed by atoms with van der Waals surface area (Å²) in [7, 11) is 0. The molecule has 146 valence electrons. The van der Waals surface area contributed by atoms with E-state index in [1.165, 1.54) is 0 Å². The van der Waals surface area contributed by atoms with E-state index >= 15 is 0 Å². The highest BCUT2D eigenvalue weighted by atomic mass is 35.5. The third kappa shape index (κ3) is 5.76. The number of nitrogens with zero attached hydrogens (tertiary/aromatic N) is 1. The van der Waals surface area contributed by atoms with Crippen LogP contribution in [0.15, 0.2) is 18.2 Å². The molecule has 2 rings (SSSR count). The summed E-state index contributed by atoms with van der Waals surface area (Å²) in [5, 5.41) is 9.59. The molecule has 26 heavy (non-hydrogen) atoms. The molecule has 1 aromatic carbocycles. The van der Waals surface area contributed by atoms with Gasteiger partial charge in [0.2, 0.25) is 0 Å². The summed E-state index contributed by atoms with van der Waals surface area (Å²) < 4.78 is 16.8. The average Bonchev–Trinajstić information content (AvgIpc) is 2.79. The number of benzene rings is 1. The Morgan fingerprint density at radius 1 is 1.46 bits per heavy atom. The normalized spacial score (nSPS) is 19.6. The number of halogens is 1. The standard InChI is InChI=1S/C19H28ClNO5/c1-13(11-22)25-14-6-7-15(16(20)10-14)17-12-24-9-5-8-21(17)18(23)26-19(2,3)4/h6-7,10,13,17,22H,5,8-9,11-12H2,1-4H3. The van der Waals surface area contributed by atoms with E-state index in [9.17, 15) is 4.79 Å². The van der Waals surface area contributed by atoms with Crippen LogP contribution in [0.25, 0.3) is 0 Å². The summed E-state index contributed by atoms with van der Waals surface area (Å²) in [6, 6.07) is 4.98. The monoisotopic (exact) mass is 385 g/mol. The molecule has 1 heterocycles. The van der Waals surface area contributed by atoms with Crippen molar-refractivity contribution in [2.24, 2.45) is 0 Å². The predicted molar refractivity (Wildman–Crippen MR) is 99.7 cm³/mol. The minimum atomic E-state index is -0.573. The quantitative estimate of drug-likeness (QED) is 0.853. The molecule has 0 aromatic heterocycles. The summed E-state index contributed by atoms with van der Waals surface area (Å²) in [4.78, 5) is 14.3. The summed E-state index contributed by atoms with van der Waals surface area (Å²) >= 11 is 6.47. The smallest absolute Gasteiger partial charge is 0.410 e. The van der Waals surface area contributed by atoms with Crippen LogP contribution in [-0.2, 0) is 9.47 Å². The Hall–Kier alpha value is -1.50. The Morgan fingerprint density at radius 2 is 2.19 bits per heavy atom. The average molecular weight is 386 g/mol. The lowest BCUT2D eigenvalue weighted by Gasteiger charge is -2.32. The van der Waals surface area contributed by atoms with E-state index in [0.717, 1.165) is 12.0 Å². The second-order valence-corrected chi connectivity index (χ2v) is 7.82. The maximum atomic E-state index is 12.7. The third-order valence-electron chi connectivity index (χ3n) is 3.89. The van der Waals surface area contributed by atoms with Crippen LogP contribution in [0.5, 0.6) is 5.75 Å². The molecule has 0 saturated carbocycles. The van der Waals surface area contributed by atoms with Crippen molar-refractivity contribution in [3.05, 3.63) is 28.8 Å². The molecule has 0 spiro atoms. The van der Waals surface area contributed by atoms with Crippen LogP contribution in [0, 0.1) is 0 Å². The van der Waals surface area contributed by atoms with Crippen LogP contribution in [0.1, 0.15) is 45.7 Å². The fourth-order valence-electron chi connectivity index (χ4n) is 2.70. The second kappa shape index (κ2) is 8.93. The van der Waals surface area contributed by atoms with Gasteiger partial charge >= 0.3 is 6.09 Å². The lowest BCUT2D eigenvalue weighted by atomic mass is 10.1. The van der Waals surface area contributed by atoms with Crippen molar-refractivity contribution in [1.29, 1.82) is 0 Å². The summed E-state index contributed by atoms with van der Waals surface area (Å²) in [5.41, 5.74) is 0.208. The number of hydrogen-bond donors (Lipinski definition) is 1. The van der Waals surface area contributed by atoms with E-state index in [4.69, 9.17) is 30.9 Å². The number of ether oxygens (including phenoxy) is 3.